The molecule has 19 heavy (non-hydrogen) atoms. The summed E-state index contributed by atoms with van der Waals surface area (Å²) >= 11 is 0. The van der Waals surface area contributed by atoms with Gasteiger partial charge >= 0.3 is 0 Å². The largest absolute Gasteiger partial charge is 0.381 e. The summed E-state index contributed by atoms with van der Waals surface area (Å²) in [6.45, 7) is 9.17. The summed E-state index contributed by atoms with van der Waals surface area (Å²) in [6.07, 6.45) is 1.91. The molecule has 0 aliphatic carbocycles. The Bertz CT molecular complexity index is 346. The van der Waals surface area contributed by atoms with Gasteiger partial charge in [-0.1, -0.05) is 20.3 Å². The number of rotatable bonds is 8. The van der Waals surface area contributed by atoms with E-state index in [0.717, 1.165) is 19.4 Å². The van der Waals surface area contributed by atoms with E-state index in [0.29, 0.717) is 38.3 Å². The number of nitrogens with one attached hydrogen (secondary N) is 1. The molecule has 0 aromatic rings. The number of hydrogen-bond acceptors (Lipinski definition) is 4. The summed E-state index contributed by atoms with van der Waals surface area (Å²) in [4.78, 5) is 0. The molecule has 2 unspecified atom stereocenters. The molecule has 1 saturated heterocycles. The summed E-state index contributed by atoms with van der Waals surface area (Å²) in [5, 5.41) is 3.46. The van der Waals surface area contributed by atoms with Crippen molar-refractivity contribution >= 4 is 10.0 Å². The van der Waals surface area contributed by atoms with Gasteiger partial charge in [0.05, 0.1) is 12.4 Å². The fraction of sp³-hybridized carbons (Fsp3) is 1.00. The lowest BCUT2D eigenvalue weighted by Crippen LogP contribution is -2.51. The second kappa shape index (κ2) is 8.19. The van der Waals surface area contributed by atoms with Gasteiger partial charge in [-0.15, -0.1) is 0 Å². The van der Waals surface area contributed by atoms with Crippen LogP contribution in [-0.2, 0) is 14.8 Å². The third-order valence-corrected chi connectivity index (χ3v) is 5.57. The van der Waals surface area contributed by atoms with Gasteiger partial charge in [0.15, 0.2) is 0 Å². The van der Waals surface area contributed by atoms with E-state index in [1.54, 1.807) is 4.31 Å². The first-order valence-electron chi connectivity index (χ1n) is 7.34. The molecule has 0 aromatic carbocycles. The van der Waals surface area contributed by atoms with E-state index < -0.39 is 10.0 Å². The maximum absolute atomic E-state index is 12.2. The molecular weight excluding hydrogens is 264 g/mol. The van der Waals surface area contributed by atoms with Gasteiger partial charge in [0, 0.05) is 25.7 Å². The minimum absolute atomic E-state index is 0.100. The van der Waals surface area contributed by atoms with E-state index >= 15 is 0 Å². The maximum atomic E-state index is 12.2. The molecule has 0 saturated carbocycles. The Labute approximate surface area is 117 Å². The van der Waals surface area contributed by atoms with Gasteiger partial charge in [0.2, 0.25) is 10.0 Å². The monoisotopic (exact) mass is 292 g/mol. The van der Waals surface area contributed by atoms with Crippen molar-refractivity contribution in [2.24, 2.45) is 5.92 Å². The first-order chi connectivity index (χ1) is 9.05. The fourth-order valence-corrected chi connectivity index (χ4v) is 4.02. The van der Waals surface area contributed by atoms with E-state index in [9.17, 15) is 8.42 Å². The van der Waals surface area contributed by atoms with Crippen LogP contribution in [0.5, 0.6) is 0 Å². The van der Waals surface area contributed by atoms with Crippen molar-refractivity contribution in [1.29, 1.82) is 0 Å². The molecule has 1 aliphatic rings. The zero-order valence-electron chi connectivity index (χ0n) is 12.4. The van der Waals surface area contributed by atoms with E-state index in [2.05, 4.69) is 19.2 Å². The van der Waals surface area contributed by atoms with Crippen molar-refractivity contribution in [3.63, 3.8) is 0 Å². The van der Waals surface area contributed by atoms with E-state index in [1.165, 1.54) is 0 Å². The standard InChI is InChI=1S/C13H28N2O3S/c1-4-12-11-15(8-7-13(12)14-5-2)19(16,17)10-9-18-6-3/h12-14H,4-11H2,1-3H3. The van der Waals surface area contributed by atoms with E-state index in [-0.39, 0.29) is 5.75 Å². The molecule has 114 valence electrons. The van der Waals surface area contributed by atoms with Crippen LogP contribution in [0.25, 0.3) is 0 Å². The van der Waals surface area contributed by atoms with Gasteiger partial charge in [-0.05, 0) is 25.8 Å². The van der Waals surface area contributed by atoms with Crippen LogP contribution in [0.1, 0.15) is 33.6 Å². The van der Waals surface area contributed by atoms with Crippen LogP contribution < -0.4 is 5.32 Å². The van der Waals surface area contributed by atoms with Gasteiger partial charge in [0.25, 0.3) is 0 Å². The Morgan fingerprint density at radius 3 is 2.63 bits per heavy atom. The molecular formula is C13H28N2O3S. The first kappa shape index (κ1) is 16.9. The van der Waals surface area contributed by atoms with Crippen molar-refractivity contribution in [1.82, 2.24) is 9.62 Å². The average molecular weight is 292 g/mol. The molecule has 1 rings (SSSR count). The van der Waals surface area contributed by atoms with Crippen molar-refractivity contribution in [2.45, 2.75) is 39.7 Å². The van der Waals surface area contributed by atoms with Gasteiger partial charge in [-0.3, -0.25) is 0 Å². The lowest BCUT2D eigenvalue weighted by atomic mass is 9.91. The molecule has 1 heterocycles. The summed E-state index contributed by atoms with van der Waals surface area (Å²) in [5.74, 6) is 0.513. The molecule has 2 atom stereocenters. The lowest BCUT2D eigenvalue weighted by molar-refractivity contribution is 0.160. The van der Waals surface area contributed by atoms with Crippen LogP contribution >= 0.6 is 0 Å². The predicted molar refractivity (Wildman–Crippen MR) is 77.7 cm³/mol. The maximum Gasteiger partial charge on any atom is 0.216 e. The molecule has 1 N–H and O–H groups in total. The van der Waals surface area contributed by atoms with Crippen molar-refractivity contribution in [2.75, 3.05) is 38.6 Å². The first-order valence-corrected chi connectivity index (χ1v) is 8.95. The highest BCUT2D eigenvalue weighted by Crippen LogP contribution is 2.22. The molecule has 0 amide bonds. The van der Waals surface area contributed by atoms with Gasteiger partial charge in [0.1, 0.15) is 0 Å². The van der Waals surface area contributed by atoms with Crippen molar-refractivity contribution in [3.05, 3.63) is 0 Å². The molecule has 6 heteroatoms. The molecule has 0 radical (unpaired) electrons. The lowest BCUT2D eigenvalue weighted by Gasteiger charge is -2.37. The summed E-state index contributed by atoms with van der Waals surface area (Å²) < 4.78 is 31.2. The Kier molecular flexibility index (Phi) is 7.28. The summed E-state index contributed by atoms with van der Waals surface area (Å²) in [6, 6.07) is 0.452. The van der Waals surface area contributed by atoms with Crippen molar-refractivity contribution in [3.8, 4) is 0 Å². The summed E-state index contributed by atoms with van der Waals surface area (Å²) in [5.41, 5.74) is 0. The predicted octanol–water partition coefficient (Wildman–Crippen LogP) is 1.06. The van der Waals surface area contributed by atoms with Gasteiger partial charge in [-0.2, -0.15) is 0 Å². The third kappa shape index (κ3) is 5.02. The van der Waals surface area contributed by atoms with Crippen LogP contribution in [0.3, 0.4) is 0 Å². The van der Waals surface area contributed by atoms with Crippen LogP contribution in [0.15, 0.2) is 0 Å². The quantitative estimate of drug-likeness (QED) is 0.680. The molecule has 0 spiro atoms. The van der Waals surface area contributed by atoms with Crippen LogP contribution in [0.2, 0.25) is 0 Å². The SMILES string of the molecule is CCNC1CCN(S(=O)(=O)CCOCC)CC1CC. The fourth-order valence-electron chi connectivity index (χ4n) is 2.63. The highest BCUT2D eigenvalue weighted by molar-refractivity contribution is 7.89. The van der Waals surface area contributed by atoms with Crippen LogP contribution in [-0.4, -0.2) is 57.4 Å². The number of piperidine rings is 1. The van der Waals surface area contributed by atoms with Crippen molar-refractivity contribution < 1.29 is 13.2 Å². The Balaban J connectivity index is 2.56. The second-order valence-corrected chi connectivity index (χ2v) is 7.08. The normalized spacial score (nSPS) is 25.6. The molecule has 1 fully saturated rings. The van der Waals surface area contributed by atoms with E-state index in [1.807, 2.05) is 6.92 Å². The molecule has 5 nitrogen and oxygen atoms in total. The third-order valence-electron chi connectivity index (χ3n) is 3.77. The van der Waals surface area contributed by atoms with E-state index in [4.69, 9.17) is 4.74 Å². The topological polar surface area (TPSA) is 58.6 Å². The molecule has 1 aliphatic heterocycles. The molecule has 0 bridgehead atoms. The smallest absolute Gasteiger partial charge is 0.216 e. The zero-order chi connectivity index (χ0) is 14.3. The Morgan fingerprint density at radius 2 is 2.05 bits per heavy atom. The zero-order valence-corrected chi connectivity index (χ0v) is 13.2. The minimum atomic E-state index is -3.16. The van der Waals surface area contributed by atoms with Gasteiger partial charge < -0.3 is 10.1 Å². The van der Waals surface area contributed by atoms with Gasteiger partial charge in [-0.25, -0.2) is 12.7 Å². The number of ether oxygens (including phenoxy) is 1. The Hall–Kier alpha value is -0.170. The minimum Gasteiger partial charge on any atom is -0.381 e. The van der Waals surface area contributed by atoms with Crippen LogP contribution in [0, 0.1) is 5.92 Å². The second-order valence-electron chi connectivity index (χ2n) is 4.99. The Morgan fingerprint density at radius 1 is 1.32 bits per heavy atom. The number of sulfonamides is 1. The van der Waals surface area contributed by atoms with Crippen LogP contribution in [0.4, 0.5) is 0 Å². The number of hydrogen-bond donors (Lipinski definition) is 1. The highest BCUT2D eigenvalue weighted by Gasteiger charge is 2.33. The average Bonchev–Trinajstić information content (AvgIpc) is 2.39. The number of nitrogens with zero attached hydrogens (tertiary/aromatic N) is 1. The highest BCUT2D eigenvalue weighted by atomic mass is 32.2. The molecule has 0 aromatic heterocycles. The summed E-state index contributed by atoms with van der Waals surface area (Å²) in [7, 11) is -3.16.